The monoisotopic (exact) mass is 2060 g/mol. The standard InChI is InChI=1S/C37H42N2O6S2.C33H33BrN2O6S2.C33H32Cl2N2O6S2/c1-24(29-23-46-35(34(29)42)26-11-13-28(14-12-26)37(2,3)4)39-22-31(41)33-17-16-32(47-33)30(40)15-8-25-6-9-27(10-7-25)36(43)38-18-19-45-21-20-44-5;1-21(26-20-43-32(31(26)39)23-8-10-25(34)11-9-23)36-19-28(38)30-14-13-29(44-30)27(37)12-5-22-3-6-24(7-4-22)33(40)35-15-16-42-18-17-41-2;1-20(24-19-44-32(31(24)40)23-8-9-25(34)26(35)17-23)37-18-28(39)30-12-11-29(45-30)27(38)10-5-21-3-6-22(7-4-21)33(41)36-13-14-43-16-15-42-2/h6-7,9-14,16-17,23,42H,8,15,18-22H2,1-5H3,(H,38,43);3-4,6-11,13-14,20,39H,5,12,15-19H2,1-2H3,(H,35,40);3-4,6-9,11-12,17,19,40H,5,10,13-16,18H2,1-2H3,(H,36,41). The number of methoxy groups -OCH3 is 3. The zero-order valence-corrected chi connectivity index (χ0v) is 84.7. The molecule has 6 heterocycles. The SMILES string of the molecule is COCCOCCNC(=O)c1ccc(CCC(=O)c2ccc(C(=O)CN=C(C)c3csc(-c4ccc(Br)cc4)c3O)s2)cc1.COCCOCCNC(=O)c1ccc(CCC(=O)c2ccc(C(=O)CN=C(C)c3csc(-c4ccc(C(C)(C)C)cc4)c3O)s2)cc1.COCCOCCNC(=O)c1ccc(CCC(=O)c2ccc(C(=O)CN=C(C)c3csc(-c4ccc(Cl)c(Cl)c4)c3O)s2)cc1. The number of nitrogens with one attached hydrogen (secondary N) is 3. The molecule has 0 saturated heterocycles. The topological polar surface area (TPSA) is 343 Å². The zero-order valence-electron chi connectivity index (χ0n) is 76.7. The summed E-state index contributed by atoms with van der Waals surface area (Å²) < 4.78 is 31.7. The van der Waals surface area contributed by atoms with Crippen LogP contribution in [0.5, 0.6) is 17.2 Å². The smallest absolute Gasteiger partial charge is 0.251 e. The number of Topliss-reactive ketones (excluding diaryl/α,β-unsaturated/α-hetero) is 6. The first kappa shape index (κ1) is 107. The molecule has 0 atom stereocenters. The second-order valence-corrected chi connectivity index (χ2v) is 39.5. The van der Waals surface area contributed by atoms with E-state index in [-0.39, 0.29) is 114 Å². The molecule has 0 saturated carbocycles. The van der Waals surface area contributed by atoms with Gasteiger partial charge in [-0.25, -0.2) is 0 Å². The number of amides is 3. The van der Waals surface area contributed by atoms with Gasteiger partial charge in [0.2, 0.25) is 0 Å². The van der Waals surface area contributed by atoms with Crippen LogP contribution in [0, 0.1) is 0 Å². The van der Waals surface area contributed by atoms with Gasteiger partial charge in [0.25, 0.3) is 17.7 Å². The van der Waals surface area contributed by atoms with Crippen LogP contribution in [0.1, 0.15) is 189 Å². The van der Waals surface area contributed by atoms with E-state index in [4.69, 9.17) is 51.6 Å². The summed E-state index contributed by atoms with van der Waals surface area (Å²) in [6, 6.07) is 52.5. The van der Waals surface area contributed by atoms with E-state index in [1.165, 1.54) is 62.2 Å². The summed E-state index contributed by atoms with van der Waals surface area (Å²) in [6.45, 7) is 16.9. The Morgan fingerprint density at radius 3 is 0.941 bits per heavy atom. The number of halogens is 3. The molecule has 12 rings (SSSR count). The van der Waals surface area contributed by atoms with Crippen LogP contribution in [0.4, 0.5) is 0 Å². The van der Waals surface area contributed by atoms with E-state index in [9.17, 15) is 58.5 Å². The van der Waals surface area contributed by atoms with E-state index in [1.54, 1.807) is 138 Å². The number of hydrogen-bond donors (Lipinski definition) is 6. The van der Waals surface area contributed by atoms with E-state index in [2.05, 4.69) is 79.8 Å². The maximum atomic E-state index is 12.9. The normalized spacial score (nSPS) is 11.6. The second kappa shape index (κ2) is 54.4. The summed E-state index contributed by atoms with van der Waals surface area (Å²) >= 11 is 23.2. The van der Waals surface area contributed by atoms with Crippen molar-refractivity contribution in [3.8, 4) is 48.6 Å². The summed E-state index contributed by atoms with van der Waals surface area (Å²) in [5, 5.41) is 47.2. The highest BCUT2D eigenvalue weighted by Crippen LogP contribution is 2.43. The Balaban J connectivity index is 0.000000211. The molecule has 714 valence electrons. The minimum Gasteiger partial charge on any atom is -0.506 e. The summed E-state index contributed by atoms with van der Waals surface area (Å²) in [5.41, 5.74) is 11.7. The molecule has 0 unspecified atom stereocenters. The fourth-order valence-corrected chi connectivity index (χ4v) is 19.4. The molecule has 12 aromatic rings. The number of ether oxygens (including phenoxy) is 6. The summed E-state index contributed by atoms with van der Waals surface area (Å²) in [6.07, 6.45) is 2.39. The van der Waals surface area contributed by atoms with Crippen molar-refractivity contribution in [2.75, 3.05) is 120 Å². The number of aromatic hydroxyl groups is 3. The van der Waals surface area contributed by atoms with Crippen molar-refractivity contribution in [3.05, 3.63) is 291 Å². The van der Waals surface area contributed by atoms with Crippen molar-refractivity contribution in [3.63, 3.8) is 0 Å². The van der Waals surface area contributed by atoms with Crippen molar-refractivity contribution in [1.29, 1.82) is 0 Å². The molecular weight excluding hydrogens is 1950 g/mol. The van der Waals surface area contributed by atoms with Crippen molar-refractivity contribution in [2.45, 2.75) is 85.5 Å². The lowest BCUT2D eigenvalue weighted by Gasteiger charge is -2.19. The van der Waals surface area contributed by atoms with Gasteiger partial charge < -0.3 is 59.7 Å². The first-order chi connectivity index (χ1) is 65.4. The lowest BCUT2D eigenvalue weighted by atomic mass is 9.86. The molecule has 6 N–H and O–H groups in total. The minimum atomic E-state index is -0.215. The molecule has 33 heteroatoms. The van der Waals surface area contributed by atoms with Gasteiger partial charge in [0, 0.05) is 131 Å². The van der Waals surface area contributed by atoms with Crippen LogP contribution in [0.25, 0.3) is 31.3 Å². The van der Waals surface area contributed by atoms with Crippen LogP contribution in [-0.4, -0.2) is 205 Å². The molecule has 24 nitrogen and oxygen atoms in total. The average molecular weight is 2060 g/mol. The Morgan fingerprint density at radius 1 is 0.360 bits per heavy atom. The first-order valence-corrected chi connectivity index (χ1v) is 50.1. The molecule has 0 fully saturated rings. The van der Waals surface area contributed by atoms with Crippen LogP contribution in [0.3, 0.4) is 0 Å². The summed E-state index contributed by atoms with van der Waals surface area (Å²) in [5.74, 6) is -0.933. The molecule has 0 aliphatic carbocycles. The van der Waals surface area contributed by atoms with Crippen molar-refractivity contribution < 1.29 is 86.9 Å². The van der Waals surface area contributed by atoms with Gasteiger partial charge in [-0.05, 0) is 181 Å². The maximum Gasteiger partial charge on any atom is 0.251 e. The molecule has 3 amide bonds. The fraction of sp³-hybridized carbons (Fsp3) is 0.301. The van der Waals surface area contributed by atoms with Crippen LogP contribution in [0.2, 0.25) is 10.0 Å². The Hall–Kier alpha value is -10.8. The Kier molecular flexibility index (Phi) is 42.9. The number of thiophene rings is 6. The van der Waals surface area contributed by atoms with Crippen LogP contribution >= 0.6 is 107 Å². The molecule has 0 bridgehead atoms. The predicted molar refractivity (Wildman–Crippen MR) is 550 cm³/mol. The van der Waals surface area contributed by atoms with Gasteiger partial charge in [-0.3, -0.25) is 58.1 Å². The van der Waals surface area contributed by atoms with Crippen LogP contribution in [-0.2, 0) is 53.1 Å². The highest BCUT2D eigenvalue weighted by atomic mass is 79.9. The minimum absolute atomic E-state index is 0.0452. The zero-order chi connectivity index (χ0) is 97.8. The van der Waals surface area contributed by atoms with Crippen LogP contribution < -0.4 is 16.0 Å². The van der Waals surface area contributed by atoms with E-state index < -0.39 is 0 Å². The van der Waals surface area contributed by atoms with Gasteiger partial charge >= 0.3 is 0 Å². The highest BCUT2D eigenvalue weighted by molar-refractivity contribution is 9.10. The van der Waals surface area contributed by atoms with Gasteiger partial charge in [0.15, 0.2) is 34.7 Å². The number of ketones is 6. The third-order valence-corrected chi connectivity index (χ3v) is 28.9. The number of rotatable bonds is 48. The predicted octanol–water partition coefficient (Wildman–Crippen LogP) is 21.6. The number of aryl methyl sites for hydroxylation is 3. The molecule has 0 radical (unpaired) electrons. The molecule has 136 heavy (non-hydrogen) atoms. The van der Waals surface area contributed by atoms with Crippen molar-refractivity contribution >= 4 is 177 Å². The lowest BCUT2D eigenvalue weighted by Crippen LogP contribution is -2.27. The number of nitrogens with zero attached hydrogens (tertiary/aromatic N) is 3. The summed E-state index contributed by atoms with van der Waals surface area (Å²) in [4.78, 5) is 132. The van der Waals surface area contributed by atoms with Gasteiger partial charge in [-0.2, -0.15) is 0 Å². The maximum absolute atomic E-state index is 12.9. The van der Waals surface area contributed by atoms with E-state index in [1.807, 2.05) is 83.6 Å². The summed E-state index contributed by atoms with van der Waals surface area (Å²) in [7, 11) is 4.81. The highest BCUT2D eigenvalue weighted by Gasteiger charge is 2.24. The number of benzene rings is 6. The van der Waals surface area contributed by atoms with Gasteiger partial charge in [-0.15, -0.1) is 68.0 Å². The third-order valence-electron chi connectivity index (χ3n) is 21.1. The van der Waals surface area contributed by atoms with Gasteiger partial charge in [-0.1, -0.05) is 139 Å². The Labute approximate surface area is 833 Å². The average Bonchev–Trinajstić information content (AvgIpc) is 1.64. The number of carbonyl (C=O) groups is 9. The molecule has 0 spiro atoms. The van der Waals surface area contributed by atoms with E-state index in [0.717, 1.165) is 58.9 Å². The lowest BCUT2D eigenvalue weighted by molar-refractivity contribution is 0.0692. The third kappa shape index (κ3) is 32.4. The molecule has 0 aliphatic rings. The number of aliphatic imine (C=N–C) groups is 3. The first-order valence-electron chi connectivity index (χ1n) is 43.5. The van der Waals surface area contributed by atoms with Gasteiger partial charge in [0.05, 0.1) is 113 Å². The Morgan fingerprint density at radius 2 is 0.647 bits per heavy atom. The molecule has 6 aromatic heterocycles. The number of hydrogen-bond acceptors (Lipinski definition) is 27. The molecule has 0 aliphatic heterocycles. The fourth-order valence-electron chi connectivity index (χ4n) is 13.1. The van der Waals surface area contributed by atoms with E-state index >= 15 is 0 Å². The van der Waals surface area contributed by atoms with Gasteiger partial charge in [0.1, 0.15) is 36.9 Å². The molecule has 6 aromatic carbocycles. The molecular formula is C103H107BrCl2N6O18S6. The van der Waals surface area contributed by atoms with Crippen molar-refractivity contribution in [2.24, 2.45) is 15.0 Å². The number of carbonyl (C=O) groups excluding carboxylic acids is 9. The Bertz CT molecular complexity index is 6170. The second-order valence-electron chi connectivity index (χ2n) is 31.9. The van der Waals surface area contributed by atoms with Crippen molar-refractivity contribution in [1.82, 2.24) is 16.0 Å². The largest absolute Gasteiger partial charge is 0.506 e. The quantitative estimate of drug-likeness (QED) is 0.0117. The van der Waals surface area contributed by atoms with Crippen LogP contribution in [0.15, 0.2) is 212 Å². The van der Waals surface area contributed by atoms with E-state index in [0.29, 0.717) is 193 Å².